The van der Waals surface area contributed by atoms with Gasteiger partial charge in [0, 0.05) is 12.2 Å². The summed E-state index contributed by atoms with van der Waals surface area (Å²) in [7, 11) is -3.46. The average molecular weight is 229 g/mol. The van der Waals surface area contributed by atoms with Gasteiger partial charge in [-0.2, -0.15) is 13.1 Å². The standard InChI is InChI=1S/C9H15N3O2S/c10-7-4-8-11-15(13,14)12-9-5-2-1-3-6-9/h1-3,5-6,11-12H,4,7-8,10H2. The molecule has 0 saturated carbocycles. The lowest BCUT2D eigenvalue weighted by Crippen LogP contribution is -2.31. The molecule has 0 radical (unpaired) electrons. The quantitative estimate of drug-likeness (QED) is 0.613. The van der Waals surface area contributed by atoms with Crippen LogP contribution in [0, 0.1) is 0 Å². The molecule has 0 bridgehead atoms. The monoisotopic (exact) mass is 229 g/mol. The summed E-state index contributed by atoms with van der Waals surface area (Å²) in [6.07, 6.45) is 0.621. The zero-order valence-electron chi connectivity index (χ0n) is 8.31. The summed E-state index contributed by atoms with van der Waals surface area (Å²) in [5.41, 5.74) is 5.79. The van der Waals surface area contributed by atoms with E-state index in [1.165, 1.54) is 0 Å². The van der Waals surface area contributed by atoms with E-state index in [1.807, 2.05) is 6.07 Å². The van der Waals surface area contributed by atoms with E-state index in [9.17, 15) is 8.42 Å². The lowest BCUT2D eigenvalue weighted by molar-refractivity contribution is 0.585. The molecule has 6 heteroatoms. The van der Waals surface area contributed by atoms with Gasteiger partial charge < -0.3 is 5.73 Å². The second kappa shape index (κ2) is 5.69. The van der Waals surface area contributed by atoms with E-state index < -0.39 is 10.2 Å². The first-order valence-corrected chi connectivity index (χ1v) is 6.15. The molecule has 5 nitrogen and oxygen atoms in total. The summed E-state index contributed by atoms with van der Waals surface area (Å²) in [6.45, 7) is 0.812. The van der Waals surface area contributed by atoms with Crippen molar-refractivity contribution in [2.24, 2.45) is 5.73 Å². The van der Waals surface area contributed by atoms with Gasteiger partial charge in [-0.05, 0) is 25.1 Å². The van der Waals surface area contributed by atoms with E-state index >= 15 is 0 Å². The Balaban J connectivity index is 2.50. The molecule has 0 amide bonds. The summed E-state index contributed by atoms with van der Waals surface area (Å²) in [4.78, 5) is 0. The zero-order chi connectivity index (χ0) is 11.1. The number of nitrogens with two attached hydrogens (primary N) is 1. The highest BCUT2D eigenvalue weighted by Gasteiger charge is 2.07. The number of hydrogen-bond acceptors (Lipinski definition) is 3. The molecule has 1 rings (SSSR count). The minimum atomic E-state index is -3.46. The van der Waals surface area contributed by atoms with E-state index in [1.54, 1.807) is 24.3 Å². The Labute approximate surface area is 89.9 Å². The lowest BCUT2D eigenvalue weighted by atomic mass is 10.3. The van der Waals surface area contributed by atoms with Gasteiger partial charge in [0.2, 0.25) is 0 Å². The minimum absolute atomic E-state index is 0.346. The predicted octanol–water partition coefficient (Wildman–Crippen LogP) is 0.282. The van der Waals surface area contributed by atoms with E-state index in [0.717, 1.165) is 0 Å². The fraction of sp³-hybridized carbons (Fsp3) is 0.333. The molecular formula is C9H15N3O2S. The van der Waals surface area contributed by atoms with Crippen molar-refractivity contribution in [3.05, 3.63) is 30.3 Å². The van der Waals surface area contributed by atoms with Crippen molar-refractivity contribution >= 4 is 15.9 Å². The van der Waals surface area contributed by atoms with Crippen LogP contribution in [-0.4, -0.2) is 21.5 Å². The van der Waals surface area contributed by atoms with Crippen LogP contribution in [-0.2, 0) is 10.2 Å². The highest BCUT2D eigenvalue weighted by atomic mass is 32.2. The number of anilines is 1. The Morgan fingerprint density at radius 1 is 1.20 bits per heavy atom. The van der Waals surface area contributed by atoms with Gasteiger partial charge >= 0.3 is 0 Å². The van der Waals surface area contributed by atoms with Crippen LogP contribution in [0.15, 0.2) is 30.3 Å². The van der Waals surface area contributed by atoms with Crippen LogP contribution in [0.3, 0.4) is 0 Å². The van der Waals surface area contributed by atoms with Crippen LogP contribution >= 0.6 is 0 Å². The molecule has 0 spiro atoms. The van der Waals surface area contributed by atoms with Crippen LogP contribution in [0.2, 0.25) is 0 Å². The average Bonchev–Trinajstić information content (AvgIpc) is 2.18. The Bertz CT molecular complexity index is 378. The summed E-state index contributed by atoms with van der Waals surface area (Å²) in [5, 5.41) is 0. The molecule has 4 N–H and O–H groups in total. The Morgan fingerprint density at radius 2 is 1.87 bits per heavy atom. The van der Waals surface area contributed by atoms with Crippen LogP contribution < -0.4 is 15.2 Å². The van der Waals surface area contributed by atoms with Gasteiger partial charge in [0.05, 0.1) is 0 Å². The molecule has 1 aromatic carbocycles. The van der Waals surface area contributed by atoms with Crippen LogP contribution in [0.4, 0.5) is 5.69 Å². The summed E-state index contributed by atoms with van der Waals surface area (Å²) < 4.78 is 27.6. The van der Waals surface area contributed by atoms with E-state index in [2.05, 4.69) is 9.44 Å². The molecule has 0 unspecified atom stereocenters. The number of benzene rings is 1. The van der Waals surface area contributed by atoms with Gasteiger partial charge in [0.1, 0.15) is 0 Å². The normalized spacial score (nSPS) is 11.3. The van der Waals surface area contributed by atoms with Crippen molar-refractivity contribution in [1.29, 1.82) is 0 Å². The van der Waals surface area contributed by atoms with Crippen molar-refractivity contribution in [1.82, 2.24) is 4.72 Å². The van der Waals surface area contributed by atoms with Crippen LogP contribution in [0.1, 0.15) is 6.42 Å². The predicted molar refractivity (Wildman–Crippen MR) is 60.7 cm³/mol. The maximum absolute atomic E-state index is 11.4. The molecule has 0 aliphatic heterocycles. The molecule has 0 aliphatic rings. The van der Waals surface area contributed by atoms with Crippen molar-refractivity contribution < 1.29 is 8.42 Å². The molecule has 0 heterocycles. The highest BCUT2D eigenvalue weighted by Crippen LogP contribution is 2.06. The van der Waals surface area contributed by atoms with E-state index in [0.29, 0.717) is 25.2 Å². The number of nitrogens with one attached hydrogen (secondary N) is 2. The fourth-order valence-electron chi connectivity index (χ4n) is 1.01. The highest BCUT2D eigenvalue weighted by molar-refractivity contribution is 7.90. The Kier molecular flexibility index (Phi) is 4.54. The van der Waals surface area contributed by atoms with Crippen LogP contribution in [0.25, 0.3) is 0 Å². The van der Waals surface area contributed by atoms with Crippen molar-refractivity contribution in [3.8, 4) is 0 Å². The van der Waals surface area contributed by atoms with Gasteiger partial charge in [0.25, 0.3) is 10.2 Å². The molecule has 0 aliphatic carbocycles. The van der Waals surface area contributed by atoms with Gasteiger partial charge in [-0.3, -0.25) is 4.72 Å². The number of rotatable bonds is 6. The molecular weight excluding hydrogens is 214 g/mol. The Morgan fingerprint density at radius 3 is 2.47 bits per heavy atom. The third-order valence-corrected chi connectivity index (χ3v) is 2.79. The zero-order valence-corrected chi connectivity index (χ0v) is 9.13. The van der Waals surface area contributed by atoms with Gasteiger partial charge in [-0.25, -0.2) is 0 Å². The lowest BCUT2D eigenvalue weighted by Gasteiger charge is -2.08. The third-order valence-electron chi connectivity index (χ3n) is 1.70. The summed E-state index contributed by atoms with van der Waals surface area (Å²) >= 11 is 0. The fourth-order valence-corrected chi connectivity index (χ4v) is 1.94. The second-order valence-electron chi connectivity index (χ2n) is 3.01. The molecule has 15 heavy (non-hydrogen) atoms. The molecule has 0 fully saturated rings. The molecule has 84 valence electrons. The van der Waals surface area contributed by atoms with E-state index in [-0.39, 0.29) is 0 Å². The maximum Gasteiger partial charge on any atom is 0.299 e. The minimum Gasteiger partial charge on any atom is -0.330 e. The molecule has 0 saturated heterocycles. The number of para-hydroxylation sites is 1. The van der Waals surface area contributed by atoms with Crippen molar-refractivity contribution in [2.75, 3.05) is 17.8 Å². The topological polar surface area (TPSA) is 84.2 Å². The SMILES string of the molecule is NCCCNS(=O)(=O)Nc1ccccc1. The summed E-state index contributed by atoms with van der Waals surface area (Å²) in [5.74, 6) is 0. The van der Waals surface area contributed by atoms with Gasteiger partial charge in [-0.15, -0.1) is 0 Å². The third kappa shape index (κ3) is 4.78. The van der Waals surface area contributed by atoms with E-state index in [4.69, 9.17) is 5.73 Å². The first-order chi connectivity index (χ1) is 7.14. The Hall–Kier alpha value is -1.11. The first-order valence-electron chi connectivity index (χ1n) is 4.66. The smallest absolute Gasteiger partial charge is 0.299 e. The van der Waals surface area contributed by atoms with Gasteiger partial charge in [0.15, 0.2) is 0 Å². The second-order valence-corrected chi connectivity index (χ2v) is 4.51. The largest absolute Gasteiger partial charge is 0.330 e. The van der Waals surface area contributed by atoms with Crippen molar-refractivity contribution in [3.63, 3.8) is 0 Å². The van der Waals surface area contributed by atoms with Crippen LogP contribution in [0.5, 0.6) is 0 Å². The molecule has 0 atom stereocenters. The summed E-state index contributed by atoms with van der Waals surface area (Å²) in [6, 6.07) is 8.71. The first kappa shape index (κ1) is 12.0. The van der Waals surface area contributed by atoms with Crippen molar-refractivity contribution in [2.45, 2.75) is 6.42 Å². The molecule has 0 aromatic heterocycles. The number of hydrogen-bond donors (Lipinski definition) is 3. The van der Waals surface area contributed by atoms with Gasteiger partial charge in [-0.1, -0.05) is 18.2 Å². The molecule has 1 aromatic rings. The maximum atomic E-state index is 11.4.